The van der Waals surface area contributed by atoms with Crippen molar-refractivity contribution < 1.29 is 29.1 Å². The Morgan fingerprint density at radius 2 is 1.67 bits per heavy atom. The Hall–Kier alpha value is -3.12. The van der Waals surface area contributed by atoms with Crippen LogP contribution in [0.2, 0.25) is 0 Å². The molecule has 0 heterocycles. The Kier molecular flexibility index (Phi) is 12.6. The van der Waals surface area contributed by atoms with Crippen LogP contribution in [-0.4, -0.2) is 71.4 Å². The van der Waals surface area contributed by atoms with Gasteiger partial charge in [0.25, 0.3) is 0 Å². The second kappa shape index (κ2) is 14.9. The number of carbonyl (C=O) groups is 5. The highest BCUT2D eigenvalue weighted by molar-refractivity contribution is 7.98. The number of carboxylic acids is 1. The molecule has 0 aliphatic heterocycles. The smallest absolute Gasteiger partial charge is 0.326 e. The molecule has 0 saturated heterocycles. The van der Waals surface area contributed by atoms with Crippen molar-refractivity contribution in [1.82, 2.24) is 16.0 Å². The van der Waals surface area contributed by atoms with E-state index in [1.807, 2.05) is 36.6 Å². The lowest BCUT2D eigenvalue weighted by molar-refractivity contribution is -0.142. The Balaban J connectivity index is 2.62. The van der Waals surface area contributed by atoms with Gasteiger partial charge in [-0.1, -0.05) is 30.3 Å². The fraction of sp³-hybridized carbons (Fsp3) is 0.476. The van der Waals surface area contributed by atoms with Crippen LogP contribution in [0.3, 0.4) is 0 Å². The van der Waals surface area contributed by atoms with Gasteiger partial charge < -0.3 is 32.5 Å². The first kappa shape index (κ1) is 27.9. The highest BCUT2D eigenvalue weighted by Gasteiger charge is 2.27. The van der Waals surface area contributed by atoms with Crippen molar-refractivity contribution in [2.45, 2.75) is 43.8 Å². The molecule has 0 saturated carbocycles. The van der Waals surface area contributed by atoms with E-state index in [2.05, 4.69) is 16.0 Å². The summed E-state index contributed by atoms with van der Waals surface area (Å²) in [5.74, 6) is -3.34. The van der Waals surface area contributed by atoms with Crippen molar-refractivity contribution in [3.8, 4) is 0 Å². The van der Waals surface area contributed by atoms with Crippen molar-refractivity contribution in [3.63, 3.8) is 0 Å². The molecule has 3 atom stereocenters. The quantitative estimate of drug-likeness (QED) is 0.179. The number of nitrogens with two attached hydrogens (primary N) is 2. The topological polar surface area (TPSA) is 194 Å². The zero-order chi connectivity index (χ0) is 24.8. The highest BCUT2D eigenvalue weighted by atomic mass is 32.2. The van der Waals surface area contributed by atoms with E-state index in [4.69, 9.17) is 11.5 Å². The zero-order valence-electron chi connectivity index (χ0n) is 18.4. The SMILES string of the molecule is CSCCC(NC(=O)CNC(=O)C(N)Cc1ccccc1)C(=O)NC(CCC(N)=O)C(=O)O. The largest absolute Gasteiger partial charge is 0.480 e. The summed E-state index contributed by atoms with van der Waals surface area (Å²) in [7, 11) is 0. The lowest BCUT2D eigenvalue weighted by Gasteiger charge is -2.21. The number of thioether (sulfide) groups is 1. The fourth-order valence-electron chi connectivity index (χ4n) is 2.83. The van der Waals surface area contributed by atoms with Gasteiger partial charge in [0, 0.05) is 6.42 Å². The summed E-state index contributed by atoms with van der Waals surface area (Å²) >= 11 is 1.44. The number of hydrogen-bond donors (Lipinski definition) is 6. The van der Waals surface area contributed by atoms with Gasteiger partial charge >= 0.3 is 5.97 Å². The van der Waals surface area contributed by atoms with Crippen molar-refractivity contribution >= 4 is 41.4 Å². The van der Waals surface area contributed by atoms with Crippen LogP contribution >= 0.6 is 11.8 Å². The first-order chi connectivity index (χ1) is 15.6. The predicted molar refractivity (Wildman–Crippen MR) is 124 cm³/mol. The molecule has 0 radical (unpaired) electrons. The molecule has 33 heavy (non-hydrogen) atoms. The van der Waals surface area contributed by atoms with E-state index in [-0.39, 0.29) is 19.3 Å². The molecule has 0 fully saturated rings. The van der Waals surface area contributed by atoms with Gasteiger partial charge in [0.05, 0.1) is 12.6 Å². The van der Waals surface area contributed by atoms with Gasteiger partial charge in [-0.05, 0) is 36.8 Å². The average molecular weight is 482 g/mol. The predicted octanol–water partition coefficient (Wildman–Crippen LogP) is -1.25. The van der Waals surface area contributed by atoms with Gasteiger partial charge in [-0.3, -0.25) is 19.2 Å². The van der Waals surface area contributed by atoms with E-state index in [0.29, 0.717) is 12.2 Å². The maximum Gasteiger partial charge on any atom is 0.326 e. The van der Waals surface area contributed by atoms with Crippen molar-refractivity contribution in [2.75, 3.05) is 18.6 Å². The van der Waals surface area contributed by atoms with E-state index in [1.54, 1.807) is 0 Å². The summed E-state index contributed by atoms with van der Waals surface area (Å²) in [5.41, 5.74) is 11.8. The minimum Gasteiger partial charge on any atom is -0.480 e. The number of benzene rings is 1. The molecule has 0 bridgehead atoms. The Morgan fingerprint density at radius 3 is 2.24 bits per heavy atom. The Morgan fingerprint density at radius 1 is 1.00 bits per heavy atom. The van der Waals surface area contributed by atoms with Gasteiger partial charge in [-0.2, -0.15) is 11.8 Å². The molecule has 0 aromatic heterocycles. The molecular formula is C21H31N5O6S. The van der Waals surface area contributed by atoms with Crippen molar-refractivity contribution in [1.29, 1.82) is 0 Å². The monoisotopic (exact) mass is 481 g/mol. The molecule has 4 amide bonds. The summed E-state index contributed by atoms with van der Waals surface area (Å²) in [5, 5.41) is 16.5. The van der Waals surface area contributed by atoms with Crippen molar-refractivity contribution in [2.24, 2.45) is 11.5 Å². The molecule has 182 valence electrons. The van der Waals surface area contributed by atoms with Crippen LogP contribution in [0.15, 0.2) is 30.3 Å². The molecule has 0 aliphatic carbocycles. The van der Waals surface area contributed by atoms with Crippen LogP contribution in [0.1, 0.15) is 24.8 Å². The third-order valence-corrected chi connectivity index (χ3v) is 5.26. The van der Waals surface area contributed by atoms with E-state index >= 15 is 0 Å². The van der Waals surface area contributed by atoms with Crippen LogP contribution in [0, 0.1) is 0 Å². The van der Waals surface area contributed by atoms with E-state index in [1.165, 1.54) is 11.8 Å². The Bertz CT molecular complexity index is 823. The van der Waals surface area contributed by atoms with Crippen LogP contribution in [-0.2, 0) is 30.4 Å². The second-order valence-electron chi connectivity index (χ2n) is 7.32. The number of rotatable bonds is 15. The first-order valence-electron chi connectivity index (χ1n) is 10.3. The minimum atomic E-state index is -1.32. The highest BCUT2D eigenvalue weighted by Crippen LogP contribution is 2.04. The molecule has 12 heteroatoms. The maximum atomic E-state index is 12.6. The molecule has 11 nitrogen and oxygen atoms in total. The summed E-state index contributed by atoms with van der Waals surface area (Å²) in [4.78, 5) is 59.4. The number of hydrogen-bond acceptors (Lipinski definition) is 7. The summed E-state index contributed by atoms with van der Waals surface area (Å²) in [6.45, 7) is -0.394. The summed E-state index contributed by atoms with van der Waals surface area (Å²) in [6, 6.07) is 5.98. The van der Waals surface area contributed by atoms with Gasteiger partial charge in [0.2, 0.25) is 23.6 Å². The maximum absolute atomic E-state index is 12.6. The number of nitrogens with one attached hydrogen (secondary N) is 3. The van der Waals surface area contributed by atoms with Crippen LogP contribution < -0.4 is 27.4 Å². The molecule has 0 aliphatic rings. The fourth-order valence-corrected chi connectivity index (χ4v) is 3.30. The van der Waals surface area contributed by atoms with E-state index in [0.717, 1.165) is 5.56 Å². The standard InChI is InChI=1S/C21H31N5O6S/c1-33-10-9-15(20(30)26-16(21(31)32)7-8-17(23)27)25-18(28)12-24-19(29)14(22)11-13-5-3-2-4-6-13/h2-6,14-16H,7-12,22H2,1H3,(H2,23,27)(H,24,29)(H,25,28)(H,26,30)(H,31,32). The molecule has 1 aromatic rings. The number of amides is 4. The molecule has 1 aromatic carbocycles. The lowest BCUT2D eigenvalue weighted by Crippen LogP contribution is -2.54. The number of aliphatic carboxylic acids is 1. The molecule has 0 spiro atoms. The third-order valence-electron chi connectivity index (χ3n) is 4.61. The molecular weight excluding hydrogens is 450 g/mol. The third kappa shape index (κ3) is 11.3. The van der Waals surface area contributed by atoms with Crippen molar-refractivity contribution in [3.05, 3.63) is 35.9 Å². The molecule has 1 rings (SSSR count). The Labute approximate surface area is 196 Å². The lowest BCUT2D eigenvalue weighted by atomic mass is 10.1. The van der Waals surface area contributed by atoms with Crippen LogP contribution in [0.5, 0.6) is 0 Å². The number of carboxylic acid groups (broad SMARTS) is 1. The molecule has 3 unspecified atom stereocenters. The van der Waals surface area contributed by atoms with Crippen LogP contribution in [0.25, 0.3) is 0 Å². The summed E-state index contributed by atoms with van der Waals surface area (Å²) < 4.78 is 0. The van der Waals surface area contributed by atoms with Gasteiger partial charge in [0.15, 0.2) is 0 Å². The minimum absolute atomic E-state index is 0.172. The molecule has 8 N–H and O–H groups in total. The first-order valence-corrected chi connectivity index (χ1v) is 11.7. The number of carbonyl (C=O) groups excluding carboxylic acids is 4. The average Bonchev–Trinajstić information content (AvgIpc) is 2.77. The van der Waals surface area contributed by atoms with Gasteiger partial charge in [-0.25, -0.2) is 4.79 Å². The summed E-state index contributed by atoms with van der Waals surface area (Å²) in [6.07, 6.45) is 1.97. The normalized spacial score (nSPS) is 13.3. The van der Waals surface area contributed by atoms with Gasteiger partial charge in [-0.15, -0.1) is 0 Å². The van der Waals surface area contributed by atoms with E-state index < -0.39 is 54.3 Å². The number of primary amides is 1. The van der Waals surface area contributed by atoms with Gasteiger partial charge in [0.1, 0.15) is 12.1 Å². The van der Waals surface area contributed by atoms with Crippen LogP contribution in [0.4, 0.5) is 0 Å². The second-order valence-corrected chi connectivity index (χ2v) is 8.31. The van der Waals surface area contributed by atoms with E-state index in [9.17, 15) is 29.1 Å². The zero-order valence-corrected chi connectivity index (χ0v) is 19.2.